The predicted octanol–water partition coefficient (Wildman–Crippen LogP) is 2.25. The van der Waals surface area contributed by atoms with Crippen LogP contribution in [0.5, 0.6) is 0 Å². The predicted molar refractivity (Wildman–Crippen MR) is 69.5 cm³/mol. The molecule has 1 aromatic heterocycles. The van der Waals surface area contributed by atoms with Crippen molar-refractivity contribution in [2.24, 2.45) is 0 Å². The van der Waals surface area contributed by atoms with E-state index in [-0.39, 0.29) is 5.97 Å². The average molecular weight is 256 g/mol. The summed E-state index contributed by atoms with van der Waals surface area (Å²) in [6, 6.07) is 0.527. The SMILES string of the molecule is CCOC(=O)c1csc(CCNC(C)CC)n1. The van der Waals surface area contributed by atoms with E-state index in [0.29, 0.717) is 18.3 Å². The molecule has 96 valence electrons. The van der Waals surface area contributed by atoms with Gasteiger partial charge in [0, 0.05) is 24.4 Å². The number of esters is 1. The van der Waals surface area contributed by atoms with Crippen LogP contribution in [-0.4, -0.2) is 30.1 Å². The molecule has 0 spiro atoms. The molecular formula is C12H20N2O2S. The third kappa shape index (κ3) is 4.83. The molecule has 0 bridgehead atoms. The minimum atomic E-state index is -0.329. The lowest BCUT2D eigenvalue weighted by molar-refractivity contribution is 0.0520. The van der Waals surface area contributed by atoms with E-state index < -0.39 is 0 Å². The highest BCUT2D eigenvalue weighted by atomic mass is 32.1. The lowest BCUT2D eigenvalue weighted by atomic mass is 10.2. The summed E-state index contributed by atoms with van der Waals surface area (Å²) >= 11 is 1.51. The van der Waals surface area contributed by atoms with Crippen molar-refractivity contribution in [3.63, 3.8) is 0 Å². The Kier molecular flexibility index (Phi) is 6.15. The van der Waals surface area contributed by atoms with Gasteiger partial charge in [-0.15, -0.1) is 11.3 Å². The Morgan fingerprint density at radius 1 is 1.59 bits per heavy atom. The number of rotatable bonds is 7. The minimum Gasteiger partial charge on any atom is -0.461 e. The van der Waals surface area contributed by atoms with Gasteiger partial charge in [-0.25, -0.2) is 9.78 Å². The quantitative estimate of drug-likeness (QED) is 0.760. The number of ether oxygens (including phenoxy) is 1. The fraction of sp³-hybridized carbons (Fsp3) is 0.667. The van der Waals surface area contributed by atoms with Crippen LogP contribution < -0.4 is 5.32 Å². The number of carbonyl (C=O) groups excluding carboxylic acids is 1. The fourth-order valence-electron chi connectivity index (χ4n) is 1.29. The van der Waals surface area contributed by atoms with E-state index in [2.05, 4.69) is 24.1 Å². The molecule has 1 aromatic rings. The normalized spacial score (nSPS) is 12.4. The molecule has 5 heteroatoms. The summed E-state index contributed by atoms with van der Waals surface area (Å²) < 4.78 is 4.89. The number of hydrogen-bond donors (Lipinski definition) is 1. The zero-order valence-electron chi connectivity index (χ0n) is 10.7. The lowest BCUT2D eigenvalue weighted by Crippen LogP contribution is -2.27. The van der Waals surface area contributed by atoms with Crippen LogP contribution in [0, 0.1) is 0 Å². The first-order chi connectivity index (χ1) is 8.17. The largest absolute Gasteiger partial charge is 0.461 e. The second-order valence-electron chi connectivity index (χ2n) is 3.86. The van der Waals surface area contributed by atoms with Gasteiger partial charge in [0.05, 0.1) is 11.6 Å². The van der Waals surface area contributed by atoms with Gasteiger partial charge in [-0.2, -0.15) is 0 Å². The molecule has 0 saturated carbocycles. The Hall–Kier alpha value is -0.940. The summed E-state index contributed by atoms with van der Waals surface area (Å²) in [6.07, 6.45) is 1.97. The summed E-state index contributed by atoms with van der Waals surface area (Å²) in [5.74, 6) is -0.329. The van der Waals surface area contributed by atoms with Crippen LogP contribution in [0.4, 0.5) is 0 Å². The molecule has 1 N–H and O–H groups in total. The first kappa shape index (κ1) is 14.1. The lowest BCUT2D eigenvalue weighted by Gasteiger charge is -2.09. The molecule has 4 nitrogen and oxygen atoms in total. The number of nitrogens with one attached hydrogen (secondary N) is 1. The topological polar surface area (TPSA) is 51.2 Å². The highest BCUT2D eigenvalue weighted by molar-refractivity contribution is 7.09. The Morgan fingerprint density at radius 2 is 2.35 bits per heavy atom. The van der Waals surface area contributed by atoms with E-state index >= 15 is 0 Å². The molecule has 17 heavy (non-hydrogen) atoms. The van der Waals surface area contributed by atoms with Gasteiger partial charge < -0.3 is 10.1 Å². The van der Waals surface area contributed by atoms with E-state index in [9.17, 15) is 4.79 Å². The van der Waals surface area contributed by atoms with Gasteiger partial charge in [-0.3, -0.25) is 0 Å². The maximum atomic E-state index is 11.4. The minimum absolute atomic E-state index is 0.329. The Balaban J connectivity index is 2.38. The Bertz CT molecular complexity index is 352. The van der Waals surface area contributed by atoms with Crippen LogP contribution in [0.1, 0.15) is 42.7 Å². The molecule has 0 radical (unpaired) electrons. The van der Waals surface area contributed by atoms with E-state index in [4.69, 9.17) is 4.74 Å². The molecule has 0 aliphatic carbocycles. The van der Waals surface area contributed by atoms with Crippen LogP contribution in [0.3, 0.4) is 0 Å². The number of carbonyl (C=O) groups is 1. The van der Waals surface area contributed by atoms with Crippen LogP contribution in [0.25, 0.3) is 0 Å². The van der Waals surface area contributed by atoms with Crippen molar-refractivity contribution in [3.8, 4) is 0 Å². The van der Waals surface area contributed by atoms with Gasteiger partial charge in [0.1, 0.15) is 0 Å². The maximum Gasteiger partial charge on any atom is 0.357 e. The first-order valence-corrected chi connectivity index (χ1v) is 6.90. The molecule has 0 aliphatic heterocycles. The van der Waals surface area contributed by atoms with Gasteiger partial charge in [0.25, 0.3) is 0 Å². The van der Waals surface area contributed by atoms with Gasteiger partial charge >= 0.3 is 5.97 Å². The van der Waals surface area contributed by atoms with E-state index in [1.165, 1.54) is 11.3 Å². The van der Waals surface area contributed by atoms with Crippen LogP contribution in [0.2, 0.25) is 0 Å². The molecule has 1 heterocycles. The summed E-state index contributed by atoms with van der Waals surface area (Å²) in [4.78, 5) is 15.6. The molecule has 1 rings (SSSR count). The van der Waals surface area contributed by atoms with Gasteiger partial charge in [-0.1, -0.05) is 6.92 Å². The highest BCUT2D eigenvalue weighted by Gasteiger charge is 2.11. The Labute approximate surface area is 106 Å². The maximum absolute atomic E-state index is 11.4. The van der Waals surface area contributed by atoms with E-state index in [0.717, 1.165) is 24.4 Å². The first-order valence-electron chi connectivity index (χ1n) is 6.02. The van der Waals surface area contributed by atoms with Crippen molar-refractivity contribution in [1.82, 2.24) is 10.3 Å². The summed E-state index contributed by atoms with van der Waals surface area (Å²) in [6.45, 7) is 7.39. The molecular weight excluding hydrogens is 236 g/mol. The van der Waals surface area contributed by atoms with E-state index in [1.807, 2.05) is 0 Å². The molecule has 0 saturated heterocycles. The second kappa shape index (κ2) is 7.40. The number of aromatic nitrogens is 1. The van der Waals surface area contributed by atoms with Crippen LogP contribution in [-0.2, 0) is 11.2 Å². The molecule has 0 aliphatic rings. The third-order valence-electron chi connectivity index (χ3n) is 2.48. The van der Waals surface area contributed by atoms with Crippen molar-refractivity contribution in [1.29, 1.82) is 0 Å². The smallest absolute Gasteiger partial charge is 0.357 e. The van der Waals surface area contributed by atoms with Crippen molar-refractivity contribution < 1.29 is 9.53 Å². The monoisotopic (exact) mass is 256 g/mol. The highest BCUT2D eigenvalue weighted by Crippen LogP contribution is 2.11. The van der Waals surface area contributed by atoms with Crippen molar-refractivity contribution in [2.45, 2.75) is 39.7 Å². The van der Waals surface area contributed by atoms with Crippen LogP contribution >= 0.6 is 11.3 Å². The zero-order chi connectivity index (χ0) is 12.7. The van der Waals surface area contributed by atoms with E-state index in [1.54, 1.807) is 12.3 Å². The zero-order valence-corrected chi connectivity index (χ0v) is 11.5. The van der Waals surface area contributed by atoms with Gasteiger partial charge in [0.15, 0.2) is 5.69 Å². The average Bonchev–Trinajstić information content (AvgIpc) is 2.78. The molecule has 1 atom stereocenters. The van der Waals surface area contributed by atoms with Crippen molar-refractivity contribution in [2.75, 3.05) is 13.2 Å². The number of nitrogens with zero attached hydrogens (tertiary/aromatic N) is 1. The summed E-state index contributed by atoms with van der Waals surface area (Å²) in [7, 11) is 0. The second-order valence-corrected chi connectivity index (χ2v) is 4.80. The van der Waals surface area contributed by atoms with Crippen molar-refractivity contribution >= 4 is 17.3 Å². The summed E-state index contributed by atoms with van der Waals surface area (Å²) in [5.41, 5.74) is 0.426. The Morgan fingerprint density at radius 3 is 3.00 bits per heavy atom. The third-order valence-corrected chi connectivity index (χ3v) is 3.39. The molecule has 0 amide bonds. The molecule has 0 aromatic carbocycles. The summed E-state index contributed by atoms with van der Waals surface area (Å²) in [5, 5.41) is 6.13. The molecule has 1 unspecified atom stereocenters. The molecule has 0 fully saturated rings. The number of thiazole rings is 1. The standard InChI is InChI=1S/C12H20N2O2S/c1-4-9(3)13-7-6-11-14-10(8-17-11)12(15)16-5-2/h8-9,13H,4-7H2,1-3H3. The number of hydrogen-bond acceptors (Lipinski definition) is 5. The van der Waals surface area contributed by atoms with Gasteiger partial charge in [0.2, 0.25) is 0 Å². The van der Waals surface area contributed by atoms with Crippen LogP contribution in [0.15, 0.2) is 5.38 Å². The van der Waals surface area contributed by atoms with Crippen molar-refractivity contribution in [3.05, 3.63) is 16.1 Å². The van der Waals surface area contributed by atoms with Gasteiger partial charge in [-0.05, 0) is 20.3 Å². The fourth-order valence-corrected chi connectivity index (χ4v) is 2.06.